The number of sulfonamides is 2. The first-order valence-corrected chi connectivity index (χ1v) is 10.2. The summed E-state index contributed by atoms with van der Waals surface area (Å²) in [6, 6.07) is 1.31. The first-order valence-electron chi connectivity index (χ1n) is 6.36. The van der Waals surface area contributed by atoms with Gasteiger partial charge in [-0.05, 0) is 19.4 Å². The van der Waals surface area contributed by atoms with E-state index in [1.165, 1.54) is 16.6 Å². The lowest BCUT2D eigenvalue weighted by Gasteiger charge is -2.25. The van der Waals surface area contributed by atoms with Crippen LogP contribution in [0.1, 0.15) is 25.8 Å². The summed E-state index contributed by atoms with van der Waals surface area (Å²) < 4.78 is 48.8. The van der Waals surface area contributed by atoms with Crippen molar-refractivity contribution in [2.45, 2.75) is 28.7 Å². The molecular formula is C11H17N3O4S3. The first-order chi connectivity index (χ1) is 9.71. The van der Waals surface area contributed by atoms with E-state index in [2.05, 4.69) is 5.32 Å². The van der Waals surface area contributed by atoms with E-state index >= 15 is 0 Å². The molecule has 1 aliphatic heterocycles. The standard InChI is InChI=1S/C11H17N3O4S3/c1-3-5-13-9-7-14(4-2)21(17,18)11-8(9)6-10(19-11)20(12,15)16/h6-7,13H,3-5H2,1-2H3,(H2,12,15,16). The van der Waals surface area contributed by atoms with Gasteiger partial charge >= 0.3 is 0 Å². The van der Waals surface area contributed by atoms with Crippen LogP contribution >= 0.6 is 11.3 Å². The number of rotatable bonds is 5. The Kier molecular flexibility index (Phi) is 4.34. The molecule has 0 bridgehead atoms. The van der Waals surface area contributed by atoms with Crippen molar-refractivity contribution >= 4 is 37.1 Å². The molecule has 7 nitrogen and oxygen atoms in total. The van der Waals surface area contributed by atoms with Gasteiger partial charge in [0, 0.05) is 24.9 Å². The molecule has 118 valence electrons. The van der Waals surface area contributed by atoms with E-state index in [0.717, 1.165) is 6.42 Å². The highest BCUT2D eigenvalue weighted by Gasteiger charge is 2.34. The van der Waals surface area contributed by atoms with Crippen molar-refractivity contribution in [3.63, 3.8) is 0 Å². The van der Waals surface area contributed by atoms with Crippen LogP contribution < -0.4 is 10.5 Å². The maximum absolute atomic E-state index is 12.4. The van der Waals surface area contributed by atoms with E-state index in [-0.39, 0.29) is 15.0 Å². The number of hydrogen-bond donors (Lipinski definition) is 2. The summed E-state index contributed by atoms with van der Waals surface area (Å²) in [5.74, 6) is 0. The average Bonchev–Trinajstić information content (AvgIpc) is 2.84. The zero-order valence-electron chi connectivity index (χ0n) is 11.7. The summed E-state index contributed by atoms with van der Waals surface area (Å²) in [7, 11) is -7.65. The topological polar surface area (TPSA) is 110 Å². The Balaban J connectivity index is 2.63. The molecule has 2 heterocycles. The smallest absolute Gasteiger partial charge is 0.274 e. The van der Waals surface area contributed by atoms with Gasteiger partial charge in [0.1, 0.15) is 4.21 Å². The Bertz CT molecular complexity index is 778. The van der Waals surface area contributed by atoms with Crippen LogP contribution in [0.4, 0.5) is 0 Å². The van der Waals surface area contributed by atoms with Gasteiger partial charge in [0.25, 0.3) is 10.0 Å². The lowest BCUT2D eigenvalue weighted by molar-refractivity contribution is 0.509. The molecule has 3 N–H and O–H groups in total. The van der Waals surface area contributed by atoms with E-state index in [1.54, 1.807) is 6.92 Å². The van der Waals surface area contributed by atoms with Gasteiger partial charge in [-0.25, -0.2) is 22.0 Å². The molecule has 21 heavy (non-hydrogen) atoms. The third-order valence-electron chi connectivity index (χ3n) is 2.94. The Morgan fingerprint density at radius 3 is 2.57 bits per heavy atom. The van der Waals surface area contributed by atoms with Gasteiger partial charge in [0.05, 0.1) is 5.70 Å². The number of hydrogen-bond acceptors (Lipinski definition) is 6. The van der Waals surface area contributed by atoms with Crippen LogP contribution in [0.5, 0.6) is 0 Å². The fourth-order valence-electron chi connectivity index (χ4n) is 1.92. The van der Waals surface area contributed by atoms with Gasteiger partial charge in [-0.2, -0.15) is 0 Å². The van der Waals surface area contributed by atoms with Gasteiger partial charge < -0.3 is 5.32 Å². The van der Waals surface area contributed by atoms with E-state index in [4.69, 9.17) is 5.14 Å². The highest BCUT2D eigenvalue weighted by atomic mass is 32.3. The fraction of sp³-hybridized carbons (Fsp3) is 0.455. The average molecular weight is 351 g/mol. The highest BCUT2D eigenvalue weighted by molar-refractivity contribution is 7.94. The summed E-state index contributed by atoms with van der Waals surface area (Å²) in [6.07, 6.45) is 2.35. The van der Waals surface area contributed by atoms with Crippen LogP contribution in [0.25, 0.3) is 5.70 Å². The second kappa shape index (κ2) is 5.59. The Morgan fingerprint density at radius 2 is 2.05 bits per heavy atom. The highest BCUT2D eigenvalue weighted by Crippen LogP contribution is 2.38. The number of nitrogens with one attached hydrogen (secondary N) is 1. The van der Waals surface area contributed by atoms with Gasteiger partial charge in [-0.15, -0.1) is 11.3 Å². The Morgan fingerprint density at radius 1 is 1.38 bits per heavy atom. The molecule has 0 amide bonds. The minimum absolute atomic E-state index is 0.00878. The molecule has 0 spiro atoms. The molecule has 0 saturated heterocycles. The maximum Gasteiger partial charge on any atom is 0.274 e. The monoisotopic (exact) mass is 351 g/mol. The van der Waals surface area contributed by atoms with Gasteiger partial charge in [0.2, 0.25) is 10.0 Å². The van der Waals surface area contributed by atoms with E-state index < -0.39 is 20.0 Å². The lowest BCUT2D eigenvalue weighted by atomic mass is 10.2. The van der Waals surface area contributed by atoms with Crippen molar-refractivity contribution in [1.29, 1.82) is 0 Å². The minimum Gasteiger partial charge on any atom is -0.383 e. The van der Waals surface area contributed by atoms with Crippen LogP contribution in [0.15, 0.2) is 20.7 Å². The van der Waals surface area contributed by atoms with Crippen molar-refractivity contribution < 1.29 is 16.8 Å². The van der Waals surface area contributed by atoms with Gasteiger partial charge in [-0.3, -0.25) is 4.31 Å². The van der Waals surface area contributed by atoms with Crippen LogP contribution in [0, 0.1) is 0 Å². The molecule has 0 atom stereocenters. The SMILES string of the molecule is CCCNC1=CN(CC)S(=O)(=O)c2sc(S(N)(=O)=O)cc21. The molecule has 1 aromatic heterocycles. The molecule has 0 fully saturated rings. The molecule has 0 aromatic carbocycles. The molecule has 2 rings (SSSR count). The molecule has 0 unspecified atom stereocenters. The number of primary sulfonamides is 1. The van der Waals surface area contributed by atoms with Crippen molar-refractivity contribution in [1.82, 2.24) is 9.62 Å². The summed E-state index contributed by atoms with van der Waals surface area (Å²) in [6.45, 7) is 4.62. The van der Waals surface area contributed by atoms with E-state index in [9.17, 15) is 16.8 Å². The van der Waals surface area contributed by atoms with Crippen LogP contribution in [-0.2, 0) is 20.0 Å². The largest absolute Gasteiger partial charge is 0.383 e. The second-order valence-electron chi connectivity index (χ2n) is 4.49. The predicted molar refractivity (Wildman–Crippen MR) is 81.5 cm³/mol. The first kappa shape index (κ1) is 16.3. The second-order valence-corrected chi connectivity index (χ2v) is 9.42. The molecule has 0 aliphatic carbocycles. The van der Waals surface area contributed by atoms with Crippen LogP contribution in [0.3, 0.4) is 0 Å². The maximum atomic E-state index is 12.4. The Hall–Kier alpha value is -1.10. The summed E-state index contributed by atoms with van der Waals surface area (Å²) >= 11 is 0.682. The summed E-state index contributed by atoms with van der Waals surface area (Å²) in [4.78, 5) is 0. The Labute approximate surface area is 128 Å². The molecule has 1 aliphatic rings. The van der Waals surface area contributed by atoms with E-state index in [1.807, 2.05) is 6.92 Å². The van der Waals surface area contributed by atoms with Crippen molar-refractivity contribution in [2.75, 3.05) is 13.1 Å². The van der Waals surface area contributed by atoms with E-state index in [0.29, 0.717) is 29.1 Å². The zero-order chi connectivity index (χ0) is 15.8. The normalized spacial score (nSPS) is 17.3. The van der Waals surface area contributed by atoms with Crippen LogP contribution in [-0.4, -0.2) is 34.2 Å². The van der Waals surface area contributed by atoms with Crippen molar-refractivity contribution in [3.05, 3.63) is 17.8 Å². The third-order valence-corrected chi connectivity index (χ3v) is 7.84. The molecule has 1 aromatic rings. The van der Waals surface area contributed by atoms with Gasteiger partial charge in [-0.1, -0.05) is 6.92 Å². The summed E-state index contributed by atoms with van der Waals surface area (Å²) in [5, 5.41) is 8.22. The number of thiophene rings is 1. The van der Waals surface area contributed by atoms with Crippen molar-refractivity contribution in [3.8, 4) is 0 Å². The third kappa shape index (κ3) is 2.93. The molecular weight excluding hydrogens is 334 g/mol. The predicted octanol–water partition coefficient (Wildman–Crippen LogP) is 0.718. The van der Waals surface area contributed by atoms with Crippen LogP contribution in [0.2, 0.25) is 0 Å². The minimum atomic E-state index is -3.93. The molecule has 0 radical (unpaired) electrons. The lowest BCUT2D eigenvalue weighted by Crippen LogP contribution is -2.31. The number of fused-ring (bicyclic) bond motifs is 1. The number of nitrogens with zero attached hydrogens (tertiary/aromatic N) is 1. The number of nitrogens with two attached hydrogens (primary N) is 1. The van der Waals surface area contributed by atoms with Crippen molar-refractivity contribution in [2.24, 2.45) is 5.14 Å². The fourth-order valence-corrected chi connectivity index (χ4v) is 5.94. The van der Waals surface area contributed by atoms with Gasteiger partial charge in [0.15, 0.2) is 4.21 Å². The summed E-state index contributed by atoms with van der Waals surface area (Å²) in [5.41, 5.74) is 0.955. The molecule has 10 heteroatoms. The quantitative estimate of drug-likeness (QED) is 0.812. The zero-order valence-corrected chi connectivity index (χ0v) is 14.1. The molecule has 0 saturated carbocycles.